The first kappa shape index (κ1) is 18.1. The molecule has 2 rings (SSSR count). The summed E-state index contributed by atoms with van der Waals surface area (Å²) in [6.45, 7) is 0.964. The van der Waals surface area contributed by atoms with Gasteiger partial charge in [-0.1, -0.05) is 6.07 Å². The molecule has 0 aliphatic rings. The van der Waals surface area contributed by atoms with Crippen molar-refractivity contribution in [3.05, 3.63) is 69.3 Å². The number of hydrogen-bond donors (Lipinski definition) is 1. The lowest BCUT2D eigenvalue weighted by Gasteiger charge is -2.15. The topological polar surface area (TPSA) is 89.3 Å². The van der Waals surface area contributed by atoms with Crippen molar-refractivity contribution in [2.45, 2.75) is 13.1 Å². The first-order chi connectivity index (χ1) is 11.6. The number of carbonyl (C=O) groups excluding carboxylic acids is 2. The summed E-state index contributed by atoms with van der Waals surface area (Å²) in [4.78, 5) is 33.7. The zero-order valence-electron chi connectivity index (χ0n) is 12.8. The number of nitrogens with one attached hydrogen (secondary N) is 1. The quantitative estimate of drug-likeness (QED) is 0.510. The highest BCUT2D eigenvalue weighted by molar-refractivity contribution is 6.09. The Labute approximate surface area is 139 Å². The van der Waals surface area contributed by atoms with Gasteiger partial charge in [-0.3, -0.25) is 19.7 Å². The molecular weight excluding hydrogens is 341 g/mol. The number of non-ortho nitro benzene ring substituents is 1. The van der Waals surface area contributed by atoms with Crippen LogP contribution in [0.4, 0.5) is 24.5 Å². The highest BCUT2D eigenvalue weighted by Gasteiger charge is 2.35. The van der Waals surface area contributed by atoms with Gasteiger partial charge in [-0.2, -0.15) is 13.2 Å². The Morgan fingerprint density at radius 3 is 2.16 bits per heavy atom. The van der Waals surface area contributed by atoms with Gasteiger partial charge in [-0.25, -0.2) is 0 Å². The first-order valence-electron chi connectivity index (χ1n) is 6.88. The number of carbonyl (C=O) groups is 2. The van der Waals surface area contributed by atoms with Crippen LogP contribution in [0.3, 0.4) is 0 Å². The zero-order chi connectivity index (χ0) is 18.8. The molecule has 0 fully saturated rings. The number of halogens is 3. The lowest BCUT2D eigenvalue weighted by atomic mass is 10.0. The summed E-state index contributed by atoms with van der Waals surface area (Å²) < 4.78 is 39.1. The van der Waals surface area contributed by atoms with Gasteiger partial charge in [0.25, 0.3) is 11.6 Å². The van der Waals surface area contributed by atoms with Crippen LogP contribution in [0.5, 0.6) is 0 Å². The number of amides is 1. The number of nitro benzene ring substituents is 1. The maximum atomic E-state index is 13.0. The van der Waals surface area contributed by atoms with Crippen LogP contribution >= 0.6 is 0 Å². The molecule has 0 radical (unpaired) electrons. The minimum atomic E-state index is -4.75. The number of rotatable bonds is 4. The molecule has 0 saturated carbocycles. The van der Waals surface area contributed by atoms with Crippen LogP contribution in [-0.4, -0.2) is 16.6 Å². The molecule has 130 valence electrons. The minimum absolute atomic E-state index is 0.00230. The number of ketones is 1. The maximum Gasteiger partial charge on any atom is 0.417 e. The summed E-state index contributed by atoms with van der Waals surface area (Å²) in [5, 5.41) is 12.8. The molecule has 2 aromatic carbocycles. The number of nitrogens with zero attached hydrogens (tertiary/aromatic N) is 1. The molecule has 9 heteroatoms. The fourth-order valence-corrected chi connectivity index (χ4v) is 2.20. The SMILES string of the molecule is CC(=O)c1c(NC(=O)c2ccc([N+](=O)[O-])cc2)cccc1C(F)(F)F. The van der Waals surface area contributed by atoms with E-state index < -0.39 is 33.9 Å². The van der Waals surface area contributed by atoms with Gasteiger partial charge in [0.05, 0.1) is 21.7 Å². The fourth-order valence-electron chi connectivity index (χ4n) is 2.20. The fraction of sp³-hybridized carbons (Fsp3) is 0.125. The second-order valence-corrected chi connectivity index (χ2v) is 5.04. The predicted octanol–water partition coefficient (Wildman–Crippen LogP) is 4.07. The van der Waals surface area contributed by atoms with E-state index in [0.29, 0.717) is 0 Å². The van der Waals surface area contributed by atoms with Crippen molar-refractivity contribution in [3.63, 3.8) is 0 Å². The summed E-state index contributed by atoms with van der Waals surface area (Å²) in [7, 11) is 0. The molecule has 0 atom stereocenters. The van der Waals surface area contributed by atoms with Crippen molar-refractivity contribution >= 4 is 23.1 Å². The van der Waals surface area contributed by atoms with Crippen molar-refractivity contribution < 1.29 is 27.7 Å². The van der Waals surface area contributed by atoms with Crippen LogP contribution in [0.1, 0.15) is 33.2 Å². The second kappa shape index (κ2) is 6.71. The lowest BCUT2D eigenvalue weighted by molar-refractivity contribution is -0.384. The van der Waals surface area contributed by atoms with E-state index in [1.165, 1.54) is 6.07 Å². The van der Waals surface area contributed by atoms with Crippen molar-refractivity contribution in [3.8, 4) is 0 Å². The molecule has 0 unspecified atom stereocenters. The lowest BCUT2D eigenvalue weighted by Crippen LogP contribution is -2.18. The van der Waals surface area contributed by atoms with E-state index in [-0.39, 0.29) is 16.9 Å². The first-order valence-corrected chi connectivity index (χ1v) is 6.88. The van der Waals surface area contributed by atoms with Crippen molar-refractivity contribution in [1.29, 1.82) is 0 Å². The standard InChI is InChI=1S/C16H11F3N2O4/c1-9(22)14-12(16(17,18)19)3-2-4-13(14)20-15(23)10-5-7-11(8-6-10)21(24)25/h2-8H,1H3,(H,20,23). The van der Waals surface area contributed by atoms with E-state index in [9.17, 15) is 32.9 Å². The van der Waals surface area contributed by atoms with Crippen LogP contribution in [0, 0.1) is 10.1 Å². The van der Waals surface area contributed by atoms with Crippen LogP contribution < -0.4 is 5.32 Å². The number of nitro groups is 1. The number of anilines is 1. The van der Waals surface area contributed by atoms with Gasteiger partial charge in [-0.15, -0.1) is 0 Å². The highest BCUT2D eigenvalue weighted by Crippen LogP contribution is 2.35. The van der Waals surface area contributed by atoms with Gasteiger partial charge in [0.2, 0.25) is 0 Å². The zero-order valence-corrected chi connectivity index (χ0v) is 12.8. The van der Waals surface area contributed by atoms with Crippen LogP contribution in [0.15, 0.2) is 42.5 Å². The molecule has 1 amide bonds. The molecule has 6 nitrogen and oxygen atoms in total. The molecule has 0 aliphatic carbocycles. The minimum Gasteiger partial charge on any atom is -0.321 e. The van der Waals surface area contributed by atoms with E-state index in [0.717, 1.165) is 43.3 Å². The molecule has 0 bridgehead atoms. The van der Waals surface area contributed by atoms with Gasteiger partial charge < -0.3 is 5.32 Å². The molecule has 0 spiro atoms. The van der Waals surface area contributed by atoms with E-state index in [1.807, 2.05) is 0 Å². The summed E-state index contributed by atoms with van der Waals surface area (Å²) in [6.07, 6.45) is -4.75. The summed E-state index contributed by atoms with van der Waals surface area (Å²) in [5.74, 6) is -1.65. The molecule has 0 heterocycles. The van der Waals surface area contributed by atoms with Gasteiger partial charge in [-0.05, 0) is 31.2 Å². The molecule has 0 aromatic heterocycles. The molecular formula is C16H11F3N2O4. The molecule has 0 aliphatic heterocycles. The summed E-state index contributed by atoms with van der Waals surface area (Å²) in [5.41, 5.74) is -2.32. The van der Waals surface area contributed by atoms with Crippen molar-refractivity contribution in [1.82, 2.24) is 0 Å². The van der Waals surface area contributed by atoms with Crippen LogP contribution in [0.2, 0.25) is 0 Å². The Morgan fingerprint density at radius 1 is 1.08 bits per heavy atom. The summed E-state index contributed by atoms with van der Waals surface area (Å²) in [6, 6.07) is 7.50. The van der Waals surface area contributed by atoms with Gasteiger partial charge >= 0.3 is 6.18 Å². The van der Waals surface area contributed by atoms with E-state index in [2.05, 4.69) is 5.32 Å². The Bertz CT molecular complexity index is 845. The Hall–Kier alpha value is -3.23. The van der Waals surface area contributed by atoms with Crippen LogP contribution in [-0.2, 0) is 6.18 Å². The predicted molar refractivity (Wildman–Crippen MR) is 82.5 cm³/mol. The molecule has 1 N–H and O–H groups in total. The van der Waals surface area contributed by atoms with Gasteiger partial charge in [0, 0.05) is 17.7 Å². The number of Topliss-reactive ketones (excluding diaryl/α,β-unsaturated/α-hetero) is 1. The Kier molecular flexibility index (Phi) is 4.87. The normalized spacial score (nSPS) is 11.0. The number of hydrogen-bond acceptors (Lipinski definition) is 4. The maximum absolute atomic E-state index is 13.0. The third kappa shape index (κ3) is 4.00. The largest absolute Gasteiger partial charge is 0.417 e. The van der Waals surface area contributed by atoms with Crippen molar-refractivity contribution in [2.24, 2.45) is 0 Å². The van der Waals surface area contributed by atoms with E-state index >= 15 is 0 Å². The average Bonchev–Trinajstić information content (AvgIpc) is 2.53. The molecule has 2 aromatic rings. The highest BCUT2D eigenvalue weighted by atomic mass is 19.4. The van der Waals surface area contributed by atoms with Gasteiger partial charge in [0.15, 0.2) is 5.78 Å². The number of benzene rings is 2. The average molecular weight is 352 g/mol. The second-order valence-electron chi connectivity index (χ2n) is 5.04. The van der Waals surface area contributed by atoms with Crippen molar-refractivity contribution in [2.75, 3.05) is 5.32 Å². The van der Waals surface area contributed by atoms with Crippen LogP contribution in [0.25, 0.3) is 0 Å². The van der Waals surface area contributed by atoms with E-state index in [4.69, 9.17) is 0 Å². The Morgan fingerprint density at radius 2 is 1.68 bits per heavy atom. The summed E-state index contributed by atoms with van der Waals surface area (Å²) >= 11 is 0. The van der Waals surface area contributed by atoms with E-state index in [1.54, 1.807) is 0 Å². The van der Waals surface area contributed by atoms with Gasteiger partial charge in [0.1, 0.15) is 0 Å². The monoisotopic (exact) mass is 352 g/mol. The molecule has 25 heavy (non-hydrogen) atoms. The third-order valence-corrected chi connectivity index (χ3v) is 3.31. The molecule has 0 saturated heterocycles. The number of alkyl halides is 3. The smallest absolute Gasteiger partial charge is 0.321 e. The Balaban J connectivity index is 2.38. The third-order valence-electron chi connectivity index (χ3n) is 3.31.